The monoisotopic (exact) mass is 350 g/mol. The van der Waals surface area contributed by atoms with Crippen molar-refractivity contribution in [2.45, 2.75) is 45.2 Å². The maximum atomic E-state index is 12.7. The number of fused-ring (bicyclic) bond motifs is 1. The maximum Gasteiger partial charge on any atom is 0.227 e. The van der Waals surface area contributed by atoms with Crippen molar-refractivity contribution in [3.8, 4) is 0 Å². The van der Waals surface area contributed by atoms with Gasteiger partial charge in [0, 0.05) is 31.3 Å². The molecule has 1 amide bonds. The van der Waals surface area contributed by atoms with E-state index in [9.17, 15) is 4.79 Å². The van der Waals surface area contributed by atoms with Gasteiger partial charge in [-0.15, -0.1) is 0 Å². The van der Waals surface area contributed by atoms with Gasteiger partial charge < -0.3 is 4.90 Å². The molecule has 26 heavy (non-hydrogen) atoms. The second kappa shape index (κ2) is 7.16. The molecule has 0 bridgehead atoms. The smallest absolute Gasteiger partial charge is 0.227 e. The predicted molar refractivity (Wildman–Crippen MR) is 101 cm³/mol. The van der Waals surface area contributed by atoms with Crippen LogP contribution in [-0.2, 0) is 24.2 Å². The largest absolute Gasteiger partial charge is 0.338 e. The Morgan fingerprint density at radius 2 is 2.04 bits per heavy atom. The second-order valence-corrected chi connectivity index (χ2v) is 7.57. The number of aryl methyl sites for hydroxylation is 1. The number of benzene rings is 1. The Hall–Kier alpha value is -2.27. The minimum Gasteiger partial charge on any atom is -0.338 e. The molecule has 136 valence electrons. The van der Waals surface area contributed by atoms with E-state index in [4.69, 9.17) is 4.98 Å². The lowest BCUT2D eigenvalue weighted by Gasteiger charge is -2.29. The standard InChI is InChI=1S/C21H26N4O/c1-15-5-7-16(8-6-15)12-20(26)25-11-9-18-17(14-25)13-22-21(23-18)19-4-3-10-24(19)2/h5-8,13,19H,3-4,9-12,14H2,1-2H3/t19-/m1/s1. The molecule has 2 aromatic rings. The van der Waals surface area contributed by atoms with Gasteiger partial charge in [-0.25, -0.2) is 9.97 Å². The third-order valence-electron chi connectivity index (χ3n) is 5.60. The van der Waals surface area contributed by atoms with Crippen molar-refractivity contribution in [3.63, 3.8) is 0 Å². The Labute approximate surface area is 155 Å². The summed E-state index contributed by atoms with van der Waals surface area (Å²) >= 11 is 0. The van der Waals surface area contributed by atoms with Gasteiger partial charge in [-0.3, -0.25) is 9.69 Å². The van der Waals surface area contributed by atoms with Crippen molar-refractivity contribution in [1.82, 2.24) is 19.8 Å². The molecule has 2 aliphatic heterocycles. The molecule has 0 N–H and O–H groups in total. The van der Waals surface area contributed by atoms with Gasteiger partial charge in [-0.05, 0) is 38.9 Å². The molecular formula is C21H26N4O. The molecule has 0 aliphatic carbocycles. The van der Waals surface area contributed by atoms with Gasteiger partial charge in [-0.2, -0.15) is 0 Å². The quantitative estimate of drug-likeness (QED) is 0.854. The predicted octanol–water partition coefficient (Wildman–Crippen LogP) is 2.68. The number of carbonyl (C=O) groups is 1. The molecule has 3 heterocycles. The lowest BCUT2D eigenvalue weighted by molar-refractivity contribution is -0.131. The fourth-order valence-corrected chi connectivity index (χ4v) is 3.93. The van der Waals surface area contributed by atoms with E-state index in [0.717, 1.165) is 48.6 Å². The molecule has 0 radical (unpaired) electrons. The number of carbonyl (C=O) groups excluding carboxylic acids is 1. The number of amides is 1. The molecule has 1 saturated heterocycles. The molecule has 5 nitrogen and oxygen atoms in total. The molecule has 1 fully saturated rings. The first-order valence-electron chi connectivity index (χ1n) is 9.48. The van der Waals surface area contributed by atoms with E-state index >= 15 is 0 Å². The Morgan fingerprint density at radius 1 is 1.23 bits per heavy atom. The molecule has 1 atom stereocenters. The molecule has 0 spiro atoms. The minimum atomic E-state index is 0.180. The van der Waals surface area contributed by atoms with Gasteiger partial charge in [0.05, 0.1) is 18.2 Å². The molecule has 0 unspecified atom stereocenters. The summed E-state index contributed by atoms with van der Waals surface area (Å²) < 4.78 is 0. The van der Waals surface area contributed by atoms with E-state index in [1.165, 1.54) is 12.0 Å². The highest BCUT2D eigenvalue weighted by Crippen LogP contribution is 2.29. The summed E-state index contributed by atoms with van der Waals surface area (Å²) in [5, 5.41) is 0. The van der Waals surface area contributed by atoms with Crippen molar-refractivity contribution in [3.05, 3.63) is 58.7 Å². The van der Waals surface area contributed by atoms with Gasteiger partial charge in [0.25, 0.3) is 0 Å². The second-order valence-electron chi connectivity index (χ2n) is 7.57. The zero-order valence-electron chi connectivity index (χ0n) is 15.6. The van der Waals surface area contributed by atoms with Crippen LogP contribution in [0.2, 0.25) is 0 Å². The van der Waals surface area contributed by atoms with Crippen molar-refractivity contribution < 1.29 is 4.79 Å². The Balaban J connectivity index is 1.44. The van der Waals surface area contributed by atoms with Crippen molar-refractivity contribution in [1.29, 1.82) is 0 Å². The van der Waals surface area contributed by atoms with Crippen LogP contribution in [-0.4, -0.2) is 45.8 Å². The number of hydrogen-bond donors (Lipinski definition) is 0. The van der Waals surface area contributed by atoms with Crippen LogP contribution in [0.1, 0.15) is 47.1 Å². The molecule has 4 rings (SSSR count). The van der Waals surface area contributed by atoms with Gasteiger partial charge in [-0.1, -0.05) is 29.8 Å². The topological polar surface area (TPSA) is 49.3 Å². The molecular weight excluding hydrogens is 324 g/mol. The summed E-state index contributed by atoms with van der Waals surface area (Å²) in [6.07, 6.45) is 5.57. The highest BCUT2D eigenvalue weighted by Gasteiger charge is 2.27. The van der Waals surface area contributed by atoms with E-state index in [-0.39, 0.29) is 5.91 Å². The van der Waals surface area contributed by atoms with Crippen molar-refractivity contribution >= 4 is 5.91 Å². The zero-order chi connectivity index (χ0) is 18.1. The van der Waals surface area contributed by atoms with Crippen molar-refractivity contribution in [2.75, 3.05) is 20.1 Å². The number of hydrogen-bond acceptors (Lipinski definition) is 4. The maximum absolute atomic E-state index is 12.7. The summed E-state index contributed by atoms with van der Waals surface area (Å²) in [5.74, 6) is 1.13. The first kappa shape index (κ1) is 17.2. The van der Waals surface area contributed by atoms with E-state index in [0.29, 0.717) is 19.0 Å². The fraction of sp³-hybridized carbons (Fsp3) is 0.476. The van der Waals surface area contributed by atoms with Gasteiger partial charge in [0.2, 0.25) is 5.91 Å². The van der Waals surface area contributed by atoms with Crippen LogP contribution in [0.3, 0.4) is 0 Å². The lowest BCUT2D eigenvalue weighted by Crippen LogP contribution is -2.37. The fourth-order valence-electron chi connectivity index (χ4n) is 3.93. The van der Waals surface area contributed by atoms with Crippen LogP contribution in [0.5, 0.6) is 0 Å². The average Bonchev–Trinajstić information content (AvgIpc) is 3.08. The van der Waals surface area contributed by atoms with Crippen LogP contribution >= 0.6 is 0 Å². The summed E-state index contributed by atoms with van der Waals surface area (Å²) in [7, 11) is 2.14. The van der Waals surface area contributed by atoms with Crippen LogP contribution in [0, 0.1) is 6.92 Å². The van der Waals surface area contributed by atoms with Crippen LogP contribution in [0.4, 0.5) is 0 Å². The third kappa shape index (κ3) is 3.49. The van der Waals surface area contributed by atoms with E-state index in [1.54, 1.807) is 0 Å². The van der Waals surface area contributed by atoms with Gasteiger partial charge >= 0.3 is 0 Å². The Bertz CT molecular complexity index is 802. The number of likely N-dealkylation sites (tertiary alicyclic amines) is 1. The molecule has 1 aromatic heterocycles. The number of nitrogens with zero attached hydrogens (tertiary/aromatic N) is 4. The first-order valence-corrected chi connectivity index (χ1v) is 9.48. The summed E-state index contributed by atoms with van der Waals surface area (Å²) in [6, 6.07) is 8.55. The van der Waals surface area contributed by atoms with Gasteiger partial charge in [0.15, 0.2) is 0 Å². The van der Waals surface area contributed by atoms with E-state index in [2.05, 4.69) is 36.0 Å². The Morgan fingerprint density at radius 3 is 2.77 bits per heavy atom. The number of aromatic nitrogens is 2. The van der Waals surface area contributed by atoms with Crippen molar-refractivity contribution in [2.24, 2.45) is 0 Å². The Kier molecular flexibility index (Phi) is 4.72. The van der Waals surface area contributed by atoms with Gasteiger partial charge in [0.1, 0.15) is 5.82 Å². The molecule has 0 saturated carbocycles. The normalized spacial score (nSPS) is 20.2. The van der Waals surface area contributed by atoms with Crippen LogP contribution < -0.4 is 0 Å². The lowest BCUT2D eigenvalue weighted by atomic mass is 10.0. The highest BCUT2D eigenvalue weighted by molar-refractivity contribution is 5.79. The van der Waals surface area contributed by atoms with Crippen LogP contribution in [0.15, 0.2) is 30.5 Å². The summed E-state index contributed by atoms with van der Waals surface area (Å²) in [5.41, 5.74) is 4.50. The number of rotatable bonds is 3. The zero-order valence-corrected chi connectivity index (χ0v) is 15.6. The average molecular weight is 350 g/mol. The SMILES string of the molecule is Cc1ccc(CC(=O)N2CCc3nc([C@H]4CCCN4C)ncc3C2)cc1. The molecule has 5 heteroatoms. The van der Waals surface area contributed by atoms with Crippen LogP contribution in [0.25, 0.3) is 0 Å². The van der Waals surface area contributed by atoms with E-state index in [1.807, 2.05) is 23.2 Å². The third-order valence-corrected chi connectivity index (χ3v) is 5.60. The molecule has 1 aromatic carbocycles. The minimum absolute atomic E-state index is 0.180. The molecule has 2 aliphatic rings. The summed E-state index contributed by atoms with van der Waals surface area (Å²) in [4.78, 5) is 26.4. The van der Waals surface area contributed by atoms with E-state index < -0.39 is 0 Å². The highest BCUT2D eigenvalue weighted by atomic mass is 16.2. The summed E-state index contributed by atoms with van der Waals surface area (Å²) in [6.45, 7) is 4.55. The first-order chi connectivity index (χ1) is 12.6.